The number of hydrogen-bond acceptors (Lipinski definition) is 4. The predicted molar refractivity (Wildman–Crippen MR) is 126 cm³/mol. The van der Waals surface area contributed by atoms with Gasteiger partial charge in [0, 0.05) is 25.4 Å². The standard InChI is InChI=1S/C26H27FN4O3/c1-29(2)25(32)23-16-30(21-10-6-7-11-22(21)34-23)26(33)24-19-8-4-3-5-9-20(19)31(28-24)18-14-12-17(27)13-15-18/h6-7,10-15,23H,3-5,8-9,16H2,1-2H3. The molecule has 0 saturated carbocycles. The average Bonchev–Trinajstić information content (AvgIpc) is 3.03. The fourth-order valence-corrected chi connectivity index (χ4v) is 4.71. The Morgan fingerprint density at radius 2 is 1.76 bits per heavy atom. The quantitative estimate of drug-likeness (QED) is 0.556. The largest absolute Gasteiger partial charge is 0.476 e. The number of benzene rings is 2. The van der Waals surface area contributed by atoms with Gasteiger partial charge >= 0.3 is 0 Å². The third kappa shape index (κ3) is 3.93. The van der Waals surface area contributed by atoms with Crippen molar-refractivity contribution in [3.63, 3.8) is 0 Å². The number of ether oxygens (including phenoxy) is 1. The number of amides is 2. The Morgan fingerprint density at radius 1 is 1.03 bits per heavy atom. The molecule has 1 aromatic heterocycles. The summed E-state index contributed by atoms with van der Waals surface area (Å²) in [7, 11) is 3.34. The van der Waals surface area contributed by atoms with Crippen LogP contribution in [0.2, 0.25) is 0 Å². The highest BCUT2D eigenvalue weighted by molar-refractivity contribution is 6.07. The second kappa shape index (κ2) is 8.93. The fraction of sp³-hybridized carbons (Fsp3) is 0.346. The maximum absolute atomic E-state index is 14.0. The molecule has 0 radical (unpaired) electrons. The van der Waals surface area contributed by atoms with Crippen molar-refractivity contribution in [3.8, 4) is 11.4 Å². The Balaban J connectivity index is 1.59. The van der Waals surface area contributed by atoms with Crippen LogP contribution in [0.4, 0.5) is 10.1 Å². The zero-order valence-electron chi connectivity index (χ0n) is 19.3. The molecule has 1 aliphatic heterocycles. The highest BCUT2D eigenvalue weighted by Crippen LogP contribution is 2.36. The number of halogens is 1. The summed E-state index contributed by atoms with van der Waals surface area (Å²) in [5.74, 6) is -0.291. The van der Waals surface area contributed by atoms with Gasteiger partial charge in [-0.05, 0) is 62.1 Å². The molecular weight excluding hydrogens is 435 g/mol. The second-order valence-corrected chi connectivity index (χ2v) is 8.95. The average molecular weight is 463 g/mol. The Hall–Kier alpha value is -3.68. The molecule has 0 saturated heterocycles. The first-order valence-corrected chi connectivity index (χ1v) is 11.6. The van der Waals surface area contributed by atoms with Gasteiger partial charge in [-0.3, -0.25) is 14.5 Å². The van der Waals surface area contributed by atoms with E-state index in [1.165, 1.54) is 17.0 Å². The molecule has 0 fully saturated rings. The van der Waals surface area contributed by atoms with Crippen LogP contribution in [-0.2, 0) is 17.6 Å². The van der Waals surface area contributed by atoms with Crippen LogP contribution in [0.5, 0.6) is 5.75 Å². The summed E-state index contributed by atoms with van der Waals surface area (Å²) in [6, 6.07) is 13.4. The summed E-state index contributed by atoms with van der Waals surface area (Å²) in [4.78, 5) is 29.8. The molecule has 2 heterocycles. The normalized spacial score (nSPS) is 17.3. The minimum atomic E-state index is -0.799. The molecular formula is C26H27FN4O3. The van der Waals surface area contributed by atoms with Crippen LogP contribution in [0.15, 0.2) is 48.5 Å². The molecule has 1 unspecified atom stereocenters. The number of carbonyl (C=O) groups is 2. The van der Waals surface area contributed by atoms with E-state index in [9.17, 15) is 14.0 Å². The molecule has 8 heteroatoms. The first-order valence-electron chi connectivity index (χ1n) is 11.6. The van der Waals surface area contributed by atoms with Crippen LogP contribution < -0.4 is 9.64 Å². The highest BCUT2D eigenvalue weighted by Gasteiger charge is 2.37. The topological polar surface area (TPSA) is 67.7 Å². The second-order valence-electron chi connectivity index (χ2n) is 8.95. The van der Waals surface area contributed by atoms with Crippen LogP contribution in [0.3, 0.4) is 0 Å². The van der Waals surface area contributed by atoms with Gasteiger partial charge in [0.05, 0.1) is 17.9 Å². The van der Waals surface area contributed by atoms with Crippen molar-refractivity contribution in [2.24, 2.45) is 0 Å². The molecule has 2 aliphatic rings. The maximum atomic E-state index is 14.0. The minimum Gasteiger partial charge on any atom is -0.476 e. The van der Waals surface area contributed by atoms with Crippen LogP contribution >= 0.6 is 0 Å². The maximum Gasteiger partial charge on any atom is 0.279 e. The van der Waals surface area contributed by atoms with Crippen molar-refractivity contribution in [2.45, 2.75) is 38.2 Å². The van der Waals surface area contributed by atoms with E-state index < -0.39 is 6.10 Å². The monoisotopic (exact) mass is 462 g/mol. The molecule has 2 aromatic carbocycles. The van der Waals surface area contributed by atoms with Gasteiger partial charge in [-0.2, -0.15) is 5.10 Å². The van der Waals surface area contributed by atoms with E-state index in [2.05, 4.69) is 0 Å². The number of nitrogens with zero attached hydrogens (tertiary/aromatic N) is 4. The summed E-state index contributed by atoms with van der Waals surface area (Å²) in [6.45, 7) is 0.102. The molecule has 34 heavy (non-hydrogen) atoms. The minimum absolute atomic E-state index is 0.102. The predicted octanol–water partition coefficient (Wildman–Crippen LogP) is 3.78. The molecule has 5 rings (SSSR count). The number of para-hydroxylation sites is 2. The molecule has 0 spiro atoms. The fourth-order valence-electron chi connectivity index (χ4n) is 4.71. The number of rotatable bonds is 3. The number of fused-ring (bicyclic) bond motifs is 2. The Morgan fingerprint density at radius 3 is 2.53 bits per heavy atom. The molecule has 1 aliphatic carbocycles. The van der Waals surface area contributed by atoms with Gasteiger partial charge in [-0.15, -0.1) is 0 Å². The van der Waals surface area contributed by atoms with E-state index >= 15 is 0 Å². The molecule has 1 atom stereocenters. The van der Waals surface area contributed by atoms with Gasteiger partial charge < -0.3 is 9.64 Å². The first kappa shape index (κ1) is 22.1. The lowest BCUT2D eigenvalue weighted by Crippen LogP contribution is -2.50. The van der Waals surface area contributed by atoms with Crippen molar-refractivity contribution < 1.29 is 18.7 Å². The summed E-state index contributed by atoms with van der Waals surface area (Å²) in [5.41, 5.74) is 3.66. The summed E-state index contributed by atoms with van der Waals surface area (Å²) >= 11 is 0. The third-order valence-electron chi connectivity index (χ3n) is 6.44. The number of hydrogen-bond donors (Lipinski definition) is 0. The van der Waals surface area contributed by atoms with Crippen molar-refractivity contribution in [3.05, 3.63) is 71.3 Å². The summed E-state index contributed by atoms with van der Waals surface area (Å²) < 4.78 is 21.3. The van der Waals surface area contributed by atoms with Gasteiger partial charge in [0.15, 0.2) is 11.8 Å². The van der Waals surface area contributed by atoms with Gasteiger partial charge in [0.2, 0.25) is 0 Å². The Kier molecular flexibility index (Phi) is 5.81. The van der Waals surface area contributed by atoms with Gasteiger partial charge in [-0.25, -0.2) is 9.07 Å². The van der Waals surface area contributed by atoms with E-state index in [1.807, 2.05) is 18.2 Å². The van der Waals surface area contributed by atoms with E-state index in [4.69, 9.17) is 9.84 Å². The van der Waals surface area contributed by atoms with E-state index in [0.29, 0.717) is 17.1 Å². The molecule has 0 bridgehead atoms. The molecule has 3 aromatic rings. The SMILES string of the molecule is CN(C)C(=O)C1CN(C(=O)c2nn(-c3ccc(F)cc3)c3c2CCCCC3)c2ccccc2O1. The van der Waals surface area contributed by atoms with E-state index in [1.54, 1.807) is 41.9 Å². The van der Waals surface area contributed by atoms with Crippen molar-refractivity contribution >= 4 is 17.5 Å². The third-order valence-corrected chi connectivity index (χ3v) is 6.44. The summed E-state index contributed by atoms with van der Waals surface area (Å²) in [6.07, 6.45) is 3.81. The smallest absolute Gasteiger partial charge is 0.279 e. The number of anilines is 1. The van der Waals surface area contributed by atoms with Crippen LogP contribution in [0.1, 0.15) is 41.0 Å². The first-order chi connectivity index (χ1) is 16.4. The molecule has 2 amide bonds. The number of aromatic nitrogens is 2. The lowest BCUT2D eigenvalue weighted by molar-refractivity contribution is -0.135. The van der Waals surface area contributed by atoms with Gasteiger partial charge in [-0.1, -0.05) is 18.6 Å². The van der Waals surface area contributed by atoms with E-state index in [-0.39, 0.29) is 24.2 Å². The Labute approximate surface area is 197 Å². The number of likely N-dealkylation sites (N-methyl/N-ethyl adjacent to an activating group) is 1. The molecule has 7 nitrogen and oxygen atoms in total. The molecule has 0 N–H and O–H groups in total. The Bertz CT molecular complexity index is 1240. The lowest BCUT2D eigenvalue weighted by atomic mass is 10.1. The zero-order valence-corrected chi connectivity index (χ0v) is 19.3. The van der Waals surface area contributed by atoms with E-state index in [0.717, 1.165) is 49.0 Å². The van der Waals surface area contributed by atoms with Gasteiger partial charge in [0.25, 0.3) is 11.8 Å². The van der Waals surface area contributed by atoms with Crippen LogP contribution in [0.25, 0.3) is 5.69 Å². The number of carbonyl (C=O) groups excluding carboxylic acids is 2. The highest BCUT2D eigenvalue weighted by atomic mass is 19.1. The van der Waals surface area contributed by atoms with Crippen molar-refractivity contribution in [1.29, 1.82) is 0 Å². The van der Waals surface area contributed by atoms with Crippen molar-refractivity contribution in [1.82, 2.24) is 14.7 Å². The lowest BCUT2D eigenvalue weighted by Gasteiger charge is -2.34. The van der Waals surface area contributed by atoms with Crippen molar-refractivity contribution in [2.75, 3.05) is 25.5 Å². The molecule has 176 valence electrons. The zero-order chi connectivity index (χ0) is 23.8. The van der Waals surface area contributed by atoms with Crippen LogP contribution in [0, 0.1) is 5.82 Å². The summed E-state index contributed by atoms with van der Waals surface area (Å²) in [5, 5.41) is 4.75. The van der Waals surface area contributed by atoms with Gasteiger partial charge in [0.1, 0.15) is 11.6 Å². The van der Waals surface area contributed by atoms with Crippen LogP contribution in [-0.4, -0.2) is 53.2 Å².